The zero-order chi connectivity index (χ0) is 18.5. The largest absolute Gasteiger partial charge is 0.337 e. The van der Waals surface area contributed by atoms with Gasteiger partial charge in [-0.25, -0.2) is 8.42 Å². The van der Waals surface area contributed by atoms with Gasteiger partial charge in [0.1, 0.15) is 6.04 Å². The van der Waals surface area contributed by atoms with Gasteiger partial charge in [-0.3, -0.25) is 9.59 Å². The summed E-state index contributed by atoms with van der Waals surface area (Å²) in [4.78, 5) is 28.7. The van der Waals surface area contributed by atoms with Crippen LogP contribution in [0.1, 0.15) is 24.0 Å². The molecule has 140 valence electrons. The second-order valence-electron chi connectivity index (χ2n) is 7.36. The van der Waals surface area contributed by atoms with Crippen LogP contribution in [0.25, 0.3) is 0 Å². The minimum Gasteiger partial charge on any atom is -0.337 e. The standard InChI is InChI=1S/C18H23N3O4S/c1-26(24,25)21-11-14-5-3-2-4-13(14)10-16(21)18(23)19-8-9-20-15(12-19)6-7-17(20)22/h2-5,15-16H,6-12H2,1H3/t15-,16-/m1/s1. The summed E-state index contributed by atoms with van der Waals surface area (Å²) in [6, 6.07) is 7.04. The van der Waals surface area contributed by atoms with Gasteiger partial charge in [-0.2, -0.15) is 4.31 Å². The molecule has 0 unspecified atom stereocenters. The predicted molar refractivity (Wildman–Crippen MR) is 95.6 cm³/mol. The lowest BCUT2D eigenvalue weighted by molar-refractivity contribution is -0.142. The Balaban J connectivity index is 1.58. The Morgan fingerprint density at radius 3 is 2.62 bits per heavy atom. The van der Waals surface area contributed by atoms with E-state index in [9.17, 15) is 18.0 Å². The van der Waals surface area contributed by atoms with E-state index in [2.05, 4.69) is 0 Å². The molecule has 7 nitrogen and oxygen atoms in total. The van der Waals surface area contributed by atoms with E-state index in [1.807, 2.05) is 29.2 Å². The van der Waals surface area contributed by atoms with E-state index < -0.39 is 16.1 Å². The first kappa shape index (κ1) is 17.5. The molecule has 2 atom stereocenters. The van der Waals surface area contributed by atoms with Crippen LogP contribution < -0.4 is 0 Å². The van der Waals surface area contributed by atoms with Crippen molar-refractivity contribution in [3.63, 3.8) is 0 Å². The van der Waals surface area contributed by atoms with Gasteiger partial charge in [0.2, 0.25) is 21.8 Å². The van der Waals surface area contributed by atoms with Crippen molar-refractivity contribution in [1.82, 2.24) is 14.1 Å². The van der Waals surface area contributed by atoms with E-state index in [-0.39, 0.29) is 24.4 Å². The number of piperazine rings is 1. The molecule has 26 heavy (non-hydrogen) atoms. The van der Waals surface area contributed by atoms with Crippen LogP contribution in [-0.2, 0) is 32.6 Å². The van der Waals surface area contributed by atoms with Crippen molar-refractivity contribution in [3.05, 3.63) is 35.4 Å². The van der Waals surface area contributed by atoms with Crippen molar-refractivity contribution in [1.29, 1.82) is 0 Å². The molecule has 2 amide bonds. The van der Waals surface area contributed by atoms with Gasteiger partial charge >= 0.3 is 0 Å². The van der Waals surface area contributed by atoms with Gasteiger partial charge in [-0.05, 0) is 24.0 Å². The Morgan fingerprint density at radius 2 is 1.88 bits per heavy atom. The fraction of sp³-hybridized carbons (Fsp3) is 0.556. The molecule has 0 spiro atoms. The van der Waals surface area contributed by atoms with Gasteiger partial charge < -0.3 is 9.80 Å². The number of nitrogens with zero attached hydrogens (tertiary/aromatic N) is 3. The van der Waals surface area contributed by atoms with Crippen LogP contribution >= 0.6 is 0 Å². The summed E-state index contributed by atoms with van der Waals surface area (Å²) in [6.45, 7) is 1.74. The first-order valence-electron chi connectivity index (χ1n) is 8.96. The molecule has 0 aliphatic carbocycles. The normalized spacial score (nSPS) is 26.6. The molecular formula is C18H23N3O4S. The topological polar surface area (TPSA) is 78.0 Å². The lowest BCUT2D eigenvalue weighted by atomic mass is 9.95. The second kappa shape index (κ2) is 6.35. The maximum absolute atomic E-state index is 13.2. The van der Waals surface area contributed by atoms with Crippen LogP contribution in [0.4, 0.5) is 0 Å². The molecule has 3 aliphatic rings. The average molecular weight is 377 g/mol. The Labute approximate surface area is 153 Å². The summed E-state index contributed by atoms with van der Waals surface area (Å²) in [6.07, 6.45) is 2.87. The Bertz CT molecular complexity index is 854. The number of amides is 2. The molecule has 0 radical (unpaired) electrons. The summed E-state index contributed by atoms with van der Waals surface area (Å²) < 4.78 is 26.0. The highest BCUT2D eigenvalue weighted by molar-refractivity contribution is 7.88. The number of carbonyl (C=O) groups excluding carboxylic acids is 2. The third-order valence-corrected chi connectivity index (χ3v) is 6.96. The monoisotopic (exact) mass is 377 g/mol. The number of hydrogen-bond donors (Lipinski definition) is 0. The van der Waals surface area contributed by atoms with E-state index in [4.69, 9.17) is 0 Å². The highest BCUT2D eigenvalue weighted by Crippen LogP contribution is 2.28. The maximum atomic E-state index is 13.2. The van der Waals surface area contributed by atoms with Crippen molar-refractivity contribution in [2.45, 2.75) is 37.9 Å². The van der Waals surface area contributed by atoms with Crippen LogP contribution in [0.2, 0.25) is 0 Å². The fourth-order valence-electron chi connectivity index (χ4n) is 4.33. The first-order chi connectivity index (χ1) is 12.3. The van der Waals surface area contributed by atoms with Gasteiger partial charge in [-0.15, -0.1) is 0 Å². The molecule has 0 aromatic heterocycles. The van der Waals surface area contributed by atoms with Crippen LogP contribution in [0.15, 0.2) is 24.3 Å². The number of carbonyl (C=O) groups is 2. The van der Waals surface area contributed by atoms with E-state index in [0.717, 1.165) is 23.8 Å². The highest BCUT2D eigenvalue weighted by Gasteiger charge is 2.42. The summed E-state index contributed by atoms with van der Waals surface area (Å²) >= 11 is 0. The van der Waals surface area contributed by atoms with Gasteiger partial charge in [-0.1, -0.05) is 24.3 Å². The van der Waals surface area contributed by atoms with Gasteiger partial charge in [0.15, 0.2) is 0 Å². The van der Waals surface area contributed by atoms with Gasteiger partial charge in [0.25, 0.3) is 0 Å². The minimum atomic E-state index is -3.51. The zero-order valence-electron chi connectivity index (χ0n) is 14.8. The summed E-state index contributed by atoms with van der Waals surface area (Å²) in [5, 5.41) is 0. The summed E-state index contributed by atoms with van der Waals surface area (Å²) in [7, 11) is -3.51. The molecule has 3 aliphatic heterocycles. The Hall–Kier alpha value is -1.93. The molecule has 0 N–H and O–H groups in total. The number of hydrogen-bond acceptors (Lipinski definition) is 4. The molecule has 1 aromatic rings. The first-order valence-corrected chi connectivity index (χ1v) is 10.8. The van der Waals surface area contributed by atoms with E-state index >= 15 is 0 Å². The molecule has 2 fully saturated rings. The average Bonchev–Trinajstić information content (AvgIpc) is 2.99. The van der Waals surface area contributed by atoms with Crippen molar-refractivity contribution in [2.75, 3.05) is 25.9 Å². The summed E-state index contributed by atoms with van der Waals surface area (Å²) in [5.74, 6) is 0.00961. The second-order valence-corrected chi connectivity index (χ2v) is 9.30. The number of benzene rings is 1. The molecular weight excluding hydrogens is 354 g/mol. The number of sulfonamides is 1. The van der Waals surface area contributed by atoms with Crippen LogP contribution in [0.3, 0.4) is 0 Å². The van der Waals surface area contributed by atoms with Gasteiger partial charge in [0.05, 0.1) is 6.26 Å². The molecule has 1 aromatic carbocycles. The Morgan fingerprint density at radius 1 is 1.15 bits per heavy atom. The molecule has 8 heteroatoms. The molecule has 2 saturated heterocycles. The zero-order valence-corrected chi connectivity index (χ0v) is 15.6. The smallest absolute Gasteiger partial charge is 0.241 e. The molecule has 3 heterocycles. The van der Waals surface area contributed by atoms with Crippen molar-refractivity contribution in [2.24, 2.45) is 0 Å². The van der Waals surface area contributed by atoms with E-state index in [1.54, 1.807) is 4.90 Å². The minimum absolute atomic E-state index is 0.0720. The summed E-state index contributed by atoms with van der Waals surface area (Å²) in [5.41, 5.74) is 1.98. The number of fused-ring (bicyclic) bond motifs is 2. The molecule has 4 rings (SSSR count). The molecule has 0 saturated carbocycles. The van der Waals surface area contributed by atoms with E-state index in [1.165, 1.54) is 4.31 Å². The predicted octanol–water partition coefficient (Wildman–Crippen LogP) is 0.206. The van der Waals surface area contributed by atoms with Crippen LogP contribution in [0, 0.1) is 0 Å². The lowest BCUT2D eigenvalue weighted by Gasteiger charge is -2.41. The van der Waals surface area contributed by atoms with Crippen molar-refractivity contribution in [3.8, 4) is 0 Å². The third kappa shape index (κ3) is 3.01. The van der Waals surface area contributed by atoms with Crippen LogP contribution in [-0.4, -0.2) is 72.3 Å². The van der Waals surface area contributed by atoms with E-state index in [0.29, 0.717) is 32.5 Å². The Kier molecular flexibility index (Phi) is 4.27. The van der Waals surface area contributed by atoms with Gasteiger partial charge in [0, 0.05) is 38.6 Å². The number of rotatable bonds is 2. The molecule has 0 bridgehead atoms. The van der Waals surface area contributed by atoms with Crippen molar-refractivity contribution >= 4 is 21.8 Å². The van der Waals surface area contributed by atoms with Crippen LogP contribution in [0.5, 0.6) is 0 Å². The maximum Gasteiger partial charge on any atom is 0.241 e. The van der Waals surface area contributed by atoms with Crippen molar-refractivity contribution < 1.29 is 18.0 Å². The quantitative estimate of drug-likeness (QED) is 0.738. The SMILES string of the molecule is CS(=O)(=O)N1Cc2ccccc2C[C@@H]1C(=O)N1CCN2C(=O)CC[C@@H]2C1. The highest BCUT2D eigenvalue weighted by atomic mass is 32.2. The lowest BCUT2D eigenvalue weighted by Crippen LogP contribution is -2.59. The fourth-order valence-corrected chi connectivity index (χ4v) is 5.33. The third-order valence-electron chi connectivity index (χ3n) is 5.72.